The highest BCUT2D eigenvalue weighted by Crippen LogP contribution is 2.39. The molecule has 0 fully saturated rings. The first-order valence-corrected chi connectivity index (χ1v) is 5.47. The number of benzene rings is 1. The van der Waals surface area contributed by atoms with Crippen LogP contribution in [0.1, 0.15) is 30.9 Å². The van der Waals surface area contributed by atoms with Crippen LogP contribution in [0.5, 0.6) is 0 Å². The Morgan fingerprint density at radius 3 is 2.85 bits per heavy atom. The Bertz CT molecular complexity index is 350. The summed E-state index contributed by atoms with van der Waals surface area (Å²) in [6.45, 7) is 8.47. The molecule has 0 saturated heterocycles. The highest BCUT2D eigenvalue weighted by atomic mass is 32.2. The first kappa shape index (κ1) is 8.89. The zero-order valence-electron chi connectivity index (χ0n) is 8.13. The molecule has 0 nitrogen and oxygen atoms in total. The molecule has 0 aliphatic carbocycles. The molecule has 0 radical (unpaired) electrons. The SMILES string of the molecule is C=C1Cc2ccc(C(C)C)cc2S1. The zero-order valence-corrected chi connectivity index (χ0v) is 8.95. The summed E-state index contributed by atoms with van der Waals surface area (Å²) in [7, 11) is 0. The molecule has 0 saturated carbocycles. The first-order chi connectivity index (χ1) is 6.16. The summed E-state index contributed by atoms with van der Waals surface area (Å²) < 4.78 is 0. The molecule has 1 heterocycles. The monoisotopic (exact) mass is 190 g/mol. The predicted molar refractivity (Wildman–Crippen MR) is 59.2 cm³/mol. The van der Waals surface area contributed by atoms with E-state index in [9.17, 15) is 0 Å². The maximum Gasteiger partial charge on any atom is 0.0157 e. The van der Waals surface area contributed by atoms with E-state index in [0.29, 0.717) is 5.92 Å². The van der Waals surface area contributed by atoms with Crippen molar-refractivity contribution in [1.82, 2.24) is 0 Å². The van der Waals surface area contributed by atoms with E-state index in [2.05, 4.69) is 38.6 Å². The van der Waals surface area contributed by atoms with Gasteiger partial charge in [-0.2, -0.15) is 0 Å². The number of rotatable bonds is 1. The van der Waals surface area contributed by atoms with Gasteiger partial charge in [0.2, 0.25) is 0 Å². The Balaban J connectivity index is 2.40. The molecule has 0 amide bonds. The van der Waals surface area contributed by atoms with Gasteiger partial charge in [0.1, 0.15) is 0 Å². The van der Waals surface area contributed by atoms with Crippen LogP contribution in [0.25, 0.3) is 0 Å². The van der Waals surface area contributed by atoms with Gasteiger partial charge in [0.05, 0.1) is 0 Å². The lowest BCUT2D eigenvalue weighted by Crippen LogP contribution is -1.88. The molecule has 1 heteroatoms. The van der Waals surface area contributed by atoms with Crippen molar-refractivity contribution in [3.8, 4) is 0 Å². The van der Waals surface area contributed by atoms with Crippen LogP contribution in [-0.2, 0) is 6.42 Å². The largest absolute Gasteiger partial charge is 0.0945 e. The van der Waals surface area contributed by atoms with E-state index in [4.69, 9.17) is 0 Å². The fourth-order valence-corrected chi connectivity index (χ4v) is 2.58. The summed E-state index contributed by atoms with van der Waals surface area (Å²) in [4.78, 5) is 2.69. The molecule has 0 bridgehead atoms. The van der Waals surface area contributed by atoms with Gasteiger partial charge in [-0.1, -0.05) is 44.3 Å². The zero-order chi connectivity index (χ0) is 9.42. The highest BCUT2D eigenvalue weighted by Gasteiger charge is 2.15. The summed E-state index contributed by atoms with van der Waals surface area (Å²) in [6.07, 6.45) is 1.05. The molecule has 0 spiro atoms. The highest BCUT2D eigenvalue weighted by molar-refractivity contribution is 8.03. The van der Waals surface area contributed by atoms with Crippen LogP contribution in [0.4, 0.5) is 0 Å². The Hall–Kier alpha value is -0.690. The van der Waals surface area contributed by atoms with Gasteiger partial charge in [0.15, 0.2) is 0 Å². The number of allylic oxidation sites excluding steroid dienone is 1. The molecule has 0 unspecified atom stereocenters. The number of hydrogen-bond acceptors (Lipinski definition) is 1. The minimum Gasteiger partial charge on any atom is -0.0945 e. The molecule has 0 atom stereocenters. The van der Waals surface area contributed by atoms with Gasteiger partial charge >= 0.3 is 0 Å². The Morgan fingerprint density at radius 1 is 1.38 bits per heavy atom. The molecular formula is C12H14S. The smallest absolute Gasteiger partial charge is 0.0157 e. The van der Waals surface area contributed by atoms with Crippen molar-refractivity contribution in [2.75, 3.05) is 0 Å². The van der Waals surface area contributed by atoms with Crippen molar-refractivity contribution < 1.29 is 0 Å². The third kappa shape index (κ3) is 1.66. The summed E-state index contributed by atoms with van der Waals surface area (Å²) in [6, 6.07) is 6.79. The summed E-state index contributed by atoms with van der Waals surface area (Å²) in [5.41, 5.74) is 2.88. The minimum atomic E-state index is 0.625. The van der Waals surface area contributed by atoms with E-state index in [1.165, 1.54) is 20.9 Å². The van der Waals surface area contributed by atoms with Crippen molar-refractivity contribution >= 4 is 11.8 Å². The molecule has 68 valence electrons. The van der Waals surface area contributed by atoms with Crippen LogP contribution in [0, 0.1) is 0 Å². The van der Waals surface area contributed by atoms with Gasteiger partial charge in [-0.05, 0) is 28.0 Å². The van der Waals surface area contributed by atoms with E-state index in [0.717, 1.165) is 6.42 Å². The van der Waals surface area contributed by atoms with Crippen LogP contribution >= 0.6 is 11.8 Å². The van der Waals surface area contributed by atoms with Gasteiger partial charge in [0, 0.05) is 11.3 Å². The lowest BCUT2D eigenvalue weighted by Gasteiger charge is -2.06. The second-order valence-corrected chi connectivity index (χ2v) is 5.06. The normalized spacial score (nSPS) is 15.2. The fraction of sp³-hybridized carbons (Fsp3) is 0.333. The van der Waals surface area contributed by atoms with E-state index in [1.54, 1.807) is 0 Å². The number of hydrogen-bond donors (Lipinski definition) is 0. The molecular weight excluding hydrogens is 176 g/mol. The summed E-state index contributed by atoms with van der Waals surface area (Å²) in [5, 5.41) is 0. The van der Waals surface area contributed by atoms with E-state index >= 15 is 0 Å². The second-order valence-electron chi connectivity index (χ2n) is 3.84. The second kappa shape index (κ2) is 3.22. The van der Waals surface area contributed by atoms with Crippen molar-refractivity contribution in [3.05, 3.63) is 40.8 Å². The number of fused-ring (bicyclic) bond motifs is 1. The topological polar surface area (TPSA) is 0 Å². The Morgan fingerprint density at radius 2 is 2.15 bits per heavy atom. The molecule has 1 aliphatic rings. The van der Waals surface area contributed by atoms with Crippen LogP contribution in [0.2, 0.25) is 0 Å². The Kier molecular flexibility index (Phi) is 2.20. The molecule has 0 N–H and O–H groups in total. The van der Waals surface area contributed by atoms with Crippen molar-refractivity contribution in [2.45, 2.75) is 31.1 Å². The standard InChI is InChI=1S/C12H14S/c1-8(2)10-4-5-11-6-9(3)13-12(11)7-10/h4-5,7-8H,3,6H2,1-2H3. The molecule has 0 aromatic heterocycles. The molecule has 1 aliphatic heterocycles. The summed E-state index contributed by atoms with van der Waals surface area (Å²) >= 11 is 1.83. The van der Waals surface area contributed by atoms with Gasteiger partial charge in [-0.15, -0.1) is 0 Å². The maximum absolute atomic E-state index is 4.01. The maximum atomic E-state index is 4.01. The molecule has 13 heavy (non-hydrogen) atoms. The fourth-order valence-electron chi connectivity index (χ4n) is 1.58. The average Bonchev–Trinajstić information content (AvgIpc) is 2.42. The van der Waals surface area contributed by atoms with Crippen molar-refractivity contribution in [2.24, 2.45) is 0 Å². The van der Waals surface area contributed by atoms with Gasteiger partial charge in [-0.3, -0.25) is 0 Å². The lowest BCUT2D eigenvalue weighted by atomic mass is 10.0. The third-order valence-electron chi connectivity index (χ3n) is 2.40. The number of thioether (sulfide) groups is 1. The summed E-state index contributed by atoms with van der Waals surface area (Å²) in [5.74, 6) is 0.625. The lowest BCUT2D eigenvalue weighted by molar-refractivity contribution is 0.860. The van der Waals surface area contributed by atoms with E-state index in [-0.39, 0.29) is 0 Å². The van der Waals surface area contributed by atoms with Crippen molar-refractivity contribution in [3.63, 3.8) is 0 Å². The van der Waals surface area contributed by atoms with E-state index in [1.807, 2.05) is 11.8 Å². The minimum absolute atomic E-state index is 0.625. The van der Waals surface area contributed by atoms with Crippen LogP contribution in [0.3, 0.4) is 0 Å². The average molecular weight is 190 g/mol. The van der Waals surface area contributed by atoms with Gasteiger partial charge in [0.25, 0.3) is 0 Å². The predicted octanol–water partition coefficient (Wildman–Crippen LogP) is 3.97. The van der Waals surface area contributed by atoms with Crippen LogP contribution in [-0.4, -0.2) is 0 Å². The Labute approximate surface area is 84.0 Å². The third-order valence-corrected chi connectivity index (χ3v) is 3.43. The molecule has 2 rings (SSSR count). The quantitative estimate of drug-likeness (QED) is 0.645. The van der Waals surface area contributed by atoms with Crippen LogP contribution < -0.4 is 0 Å². The first-order valence-electron chi connectivity index (χ1n) is 4.65. The van der Waals surface area contributed by atoms with Crippen molar-refractivity contribution in [1.29, 1.82) is 0 Å². The molecule has 1 aromatic carbocycles. The van der Waals surface area contributed by atoms with E-state index < -0.39 is 0 Å². The molecule has 1 aromatic rings. The van der Waals surface area contributed by atoms with Gasteiger partial charge < -0.3 is 0 Å². The van der Waals surface area contributed by atoms with Gasteiger partial charge in [-0.25, -0.2) is 0 Å². The van der Waals surface area contributed by atoms with Crippen LogP contribution in [0.15, 0.2) is 34.6 Å².